The monoisotopic (exact) mass is 352 g/mol. The highest BCUT2D eigenvalue weighted by Gasteiger charge is 2.35. The Kier molecular flexibility index (Phi) is 7.10. The molecule has 1 aromatic heterocycles. The second-order valence-electron chi connectivity index (χ2n) is 6.27. The minimum atomic E-state index is -0.767. The molecule has 0 saturated carbocycles. The molecule has 2 aliphatic heterocycles. The number of rotatable bonds is 4. The fraction of sp³-hybridized carbons (Fsp3) is 0.706. The zero-order valence-electron chi connectivity index (χ0n) is 15.1. The number of aliphatic hydroxyl groups is 1. The Labute approximate surface area is 148 Å². The summed E-state index contributed by atoms with van der Waals surface area (Å²) in [5, 5.41) is 21.6. The molecule has 0 radical (unpaired) electrons. The third-order valence-electron chi connectivity index (χ3n) is 4.46. The molecule has 2 fully saturated rings. The van der Waals surface area contributed by atoms with E-state index in [4.69, 9.17) is 4.74 Å². The maximum Gasteiger partial charge on any atom is 0.363 e. The predicted octanol–water partition coefficient (Wildman–Crippen LogP) is 1.68. The van der Waals surface area contributed by atoms with Crippen LogP contribution in [-0.4, -0.2) is 71.5 Å². The average molecular weight is 352 g/mol. The van der Waals surface area contributed by atoms with Gasteiger partial charge in [-0.25, -0.2) is 0 Å². The van der Waals surface area contributed by atoms with E-state index in [1.54, 1.807) is 6.07 Å². The van der Waals surface area contributed by atoms with Crippen molar-refractivity contribution in [3.63, 3.8) is 0 Å². The smallest absolute Gasteiger partial charge is 0.363 e. The number of morpholine rings is 1. The highest BCUT2D eigenvalue weighted by Crippen LogP contribution is 2.27. The van der Waals surface area contributed by atoms with Crippen LogP contribution in [0.1, 0.15) is 26.7 Å². The molecule has 0 aromatic carbocycles. The second-order valence-corrected chi connectivity index (χ2v) is 6.27. The van der Waals surface area contributed by atoms with Crippen LogP contribution in [0.25, 0.3) is 0 Å². The van der Waals surface area contributed by atoms with Gasteiger partial charge in [-0.15, -0.1) is 0 Å². The minimum absolute atomic E-state index is 0.158. The summed E-state index contributed by atoms with van der Waals surface area (Å²) in [6, 6.07) is 3.11. The summed E-state index contributed by atoms with van der Waals surface area (Å²) in [6.45, 7) is 9.10. The van der Waals surface area contributed by atoms with Crippen molar-refractivity contribution in [3.05, 3.63) is 28.4 Å². The first-order chi connectivity index (χ1) is 12.1. The third-order valence-corrected chi connectivity index (χ3v) is 4.46. The Morgan fingerprint density at radius 2 is 2.04 bits per heavy atom. The molecule has 25 heavy (non-hydrogen) atoms. The molecule has 8 nitrogen and oxygen atoms in total. The summed E-state index contributed by atoms with van der Waals surface area (Å²) in [4.78, 5) is 18.3. The molecule has 2 saturated heterocycles. The maximum absolute atomic E-state index is 10.9. The number of ether oxygens (including phenoxy) is 1. The molecule has 2 aliphatic rings. The van der Waals surface area contributed by atoms with Gasteiger partial charge in [0, 0.05) is 38.8 Å². The Balaban J connectivity index is 0.00000109. The molecule has 0 amide bonds. The van der Waals surface area contributed by atoms with Gasteiger partial charge in [0.25, 0.3) is 0 Å². The Hall–Kier alpha value is -1.77. The van der Waals surface area contributed by atoms with E-state index in [2.05, 4.69) is 14.8 Å². The SMILES string of the molecule is CC.O=[N+]([O-])c1ccc(N2CCCC(O)(CN3CCOCC3)C2)cn1. The summed E-state index contributed by atoms with van der Waals surface area (Å²) in [6.07, 6.45) is 3.16. The van der Waals surface area contributed by atoms with Crippen LogP contribution in [0.15, 0.2) is 18.3 Å². The van der Waals surface area contributed by atoms with Gasteiger partial charge in [0.2, 0.25) is 0 Å². The number of nitro groups is 1. The van der Waals surface area contributed by atoms with Crippen LogP contribution < -0.4 is 4.90 Å². The zero-order chi connectivity index (χ0) is 18.3. The quantitative estimate of drug-likeness (QED) is 0.651. The molecule has 0 aliphatic carbocycles. The molecule has 3 rings (SSSR count). The molecular weight excluding hydrogens is 324 g/mol. The van der Waals surface area contributed by atoms with E-state index in [-0.39, 0.29) is 5.82 Å². The first kappa shape index (κ1) is 19.6. The van der Waals surface area contributed by atoms with Gasteiger partial charge in [-0.1, -0.05) is 13.8 Å². The summed E-state index contributed by atoms with van der Waals surface area (Å²) in [5.41, 5.74) is 0.0490. The highest BCUT2D eigenvalue weighted by molar-refractivity contribution is 5.47. The zero-order valence-corrected chi connectivity index (χ0v) is 15.1. The number of piperidine rings is 1. The number of hydrogen-bond donors (Lipinski definition) is 1. The van der Waals surface area contributed by atoms with Crippen molar-refractivity contribution in [2.45, 2.75) is 32.3 Å². The molecule has 8 heteroatoms. The van der Waals surface area contributed by atoms with E-state index in [0.29, 0.717) is 26.3 Å². The predicted molar refractivity (Wildman–Crippen MR) is 95.9 cm³/mol. The Morgan fingerprint density at radius 1 is 1.32 bits per heavy atom. The molecule has 1 atom stereocenters. The van der Waals surface area contributed by atoms with Crippen molar-refractivity contribution in [2.24, 2.45) is 0 Å². The fourth-order valence-electron chi connectivity index (χ4n) is 3.31. The number of hydrogen-bond acceptors (Lipinski definition) is 7. The van der Waals surface area contributed by atoms with Crippen LogP contribution in [0, 0.1) is 10.1 Å². The van der Waals surface area contributed by atoms with Crippen molar-refractivity contribution in [2.75, 3.05) is 50.8 Å². The summed E-state index contributed by atoms with van der Waals surface area (Å²) < 4.78 is 5.35. The van der Waals surface area contributed by atoms with Crippen LogP contribution >= 0.6 is 0 Å². The first-order valence-corrected chi connectivity index (χ1v) is 8.94. The molecule has 1 aromatic rings. The van der Waals surface area contributed by atoms with Gasteiger partial charge < -0.3 is 24.9 Å². The van der Waals surface area contributed by atoms with Crippen LogP contribution in [0.5, 0.6) is 0 Å². The number of β-amino-alcohol motifs (C(OH)–C–C–N with tert-alkyl or cyclic N) is 1. The van der Waals surface area contributed by atoms with E-state index in [1.165, 1.54) is 12.3 Å². The number of pyridine rings is 1. The third kappa shape index (κ3) is 5.35. The average Bonchev–Trinajstić information content (AvgIpc) is 2.64. The molecule has 0 bridgehead atoms. The summed E-state index contributed by atoms with van der Waals surface area (Å²) >= 11 is 0. The van der Waals surface area contributed by atoms with Gasteiger partial charge in [0.1, 0.15) is 0 Å². The molecule has 1 N–H and O–H groups in total. The van der Waals surface area contributed by atoms with Crippen molar-refractivity contribution in [3.8, 4) is 0 Å². The van der Waals surface area contributed by atoms with Gasteiger partial charge in [0.05, 0.1) is 24.5 Å². The normalized spacial score (nSPS) is 24.4. The van der Waals surface area contributed by atoms with E-state index in [9.17, 15) is 15.2 Å². The van der Waals surface area contributed by atoms with Crippen LogP contribution in [-0.2, 0) is 4.74 Å². The fourth-order valence-corrected chi connectivity index (χ4v) is 3.31. The number of anilines is 1. The molecule has 3 heterocycles. The Morgan fingerprint density at radius 3 is 2.64 bits per heavy atom. The Bertz CT molecular complexity index is 548. The molecule has 1 unspecified atom stereocenters. The van der Waals surface area contributed by atoms with Crippen LogP contribution in [0.3, 0.4) is 0 Å². The van der Waals surface area contributed by atoms with Crippen LogP contribution in [0.4, 0.5) is 11.5 Å². The van der Waals surface area contributed by atoms with Crippen molar-refractivity contribution in [1.29, 1.82) is 0 Å². The lowest BCUT2D eigenvalue weighted by molar-refractivity contribution is -0.389. The van der Waals surface area contributed by atoms with Crippen LogP contribution in [0.2, 0.25) is 0 Å². The van der Waals surface area contributed by atoms with Gasteiger partial charge in [0.15, 0.2) is 6.20 Å². The number of nitrogens with zero attached hydrogens (tertiary/aromatic N) is 4. The van der Waals surface area contributed by atoms with E-state index in [1.807, 2.05) is 13.8 Å². The lowest BCUT2D eigenvalue weighted by Gasteiger charge is -2.43. The summed E-state index contributed by atoms with van der Waals surface area (Å²) in [5.74, 6) is -0.158. The minimum Gasteiger partial charge on any atom is -0.387 e. The molecule has 140 valence electrons. The lowest BCUT2D eigenvalue weighted by Crippen LogP contribution is -2.56. The van der Waals surface area contributed by atoms with Gasteiger partial charge in [-0.2, -0.15) is 0 Å². The largest absolute Gasteiger partial charge is 0.387 e. The van der Waals surface area contributed by atoms with Gasteiger partial charge in [-0.3, -0.25) is 4.90 Å². The number of aromatic nitrogens is 1. The van der Waals surface area contributed by atoms with Gasteiger partial charge >= 0.3 is 5.82 Å². The van der Waals surface area contributed by atoms with Crippen molar-refractivity contribution in [1.82, 2.24) is 9.88 Å². The molecule has 0 spiro atoms. The van der Waals surface area contributed by atoms with E-state index < -0.39 is 10.5 Å². The standard InChI is InChI=1S/C15H22N4O4.C2H6/c20-15(11-17-6-8-23-9-7-17)4-1-5-18(12-15)13-2-3-14(16-10-13)19(21)22;1-2/h2-3,10,20H,1,4-9,11-12H2;1-2H3. The second kappa shape index (κ2) is 9.07. The topological polar surface area (TPSA) is 92.0 Å². The van der Waals surface area contributed by atoms with Gasteiger partial charge in [-0.05, 0) is 28.8 Å². The van der Waals surface area contributed by atoms with E-state index in [0.717, 1.165) is 38.2 Å². The van der Waals surface area contributed by atoms with Crippen molar-refractivity contribution < 1.29 is 14.8 Å². The highest BCUT2D eigenvalue weighted by atomic mass is 16.6. The first-order valence-electron chi connectivity index (χ1n) is 8.94. The van der Waals surface area contributed by atoms with Crippen molar-refractivity contribution >= 4 is 11.5 Å². The maximum atomic E-state index is 10.9. The van der Waals surface area contributed by atoms with E-state index >= 15 is 0 Å². The summed E-state index contributed by atoms with van der Waals surface area (Å²) in [7, 11) is 0. The lowest BCUT2D eigenvalue weighted by atomic mass is 9.91. The molecular formula is C17H28N4O4.